The van der Waals surface area contributed by atoms with E-state index in [-0.39, 0.29) is 11.9 Å². The van der Waals surface area contributed by atoms with Crippen molar-refractivity contribution in [2.75, 3.05) is 18.4 Å². The molecule has 1 amide bonds. The Hall–Kier alpha value is -2.40. The topological polar surface area (TPSA) is 44.4 Å². The first kappa shape index (κ1) is 20.3. The largest absolute Gasteiger partial charge is 0.356 e. The summed E-state index contributed by atoms with van der Waals surface area (Å²) in [6.07, 6.45) is 4.36. The Bertz CT molecular complexity index is 813. The second-order valence-corrected chi connectivity index (χ2v) is 7.75. The highest BCUT2D eigenvalue weighted by Gasteiger charge is 2.18. The van der Waals surface area contributed by atoms with Crippen LogP contribution in [0.5, 0.6) is 0 Å². The van der Waals surface area contributed by atoms with E-state index in [4.69, 9.17) is 12.2 Å². The fourth-order valence-corrected chi connectivity index (χ4v) is 3.94. The summed E-state index contributed by atoms with van der Waals surface area (Å²) in [7, 11) is 0. The molecule has 3 rings (SSSR count). The zero-order valence-corrected chi connectivity index (χ0v) is 17.5. The van der Waals surface area contributed by atoms with Crippen molar-refractivity contribution in [1.82, 2.24) is 10.2 Å². The minimum Gasteiger partial charge on any atom is -0.356 e. The van der Waals surface area contributed by atoms with Crippen LogP contribution in [0.25, 0.3) is 0 Å². The summed E-state index contributed by atoms with van der Waals surface area (Å²) in [6, 6.07) is 16.1. The lowest BCUT2D eigenvalue weighted by Crippen LogP contribution is -2.35. The molecular formula is C23H29N3OS. The lowest BCUT2D eigenvalue weighted by Gasteiger charge is -2.26. The van der Waals surface area contributed by atoms with E-state index in [1.54, 1.807) is 0 Å². The third kappa shape index (κ3) is 5.10. The number of nitrogens with one attached hydrogen (secondary N) is 2. The maximum absolute atomic E-state index is 12.6. The van der Waals surface area contributed by atoms with Gasteiger partial charge in [0.05, 0.1) is 6.04 Å². The van der Waals surface area contributed by atoms with Crippen LogP contribution in [-0.4, -0.2) is 29.0 Å². The summed E-state index contributed by atoms with van der Waals surface area (Å²) in [5.74, 6) is 0.123. The molecule has 0 aliphatic carbocycles. The monoisotopic (exact) mass is 395 g/mol. The van der Waals surface area contributed by atoms with E-state index < -0.39 is 0 Å². The highest BCUT2D eigenvalue weighted by molar-refractivity contribution is 7.80. The van der Waals surface area contributed by atoms with E-state index >= 15 is 0 Å². The predicted molar refractivity (Wildman–Crippen MR) is 120 cm³/mol. The number of hydrogen-bond donors (Lipinski definition) is 2. The molecular weight excluding hydrogens is 366 g/mol. The Kier molecular flexibility index (Phi) is 7.04. The number of carbonyl (C=O) groups excluding carboxylic acids is 1. The lowest BCUT2D eigenvalue weighted by atomic mass is 10.00. The zero-order valence-electron chi connectivity index (χ0n) is 16.7. The van der Waals surface area contributed by atoms with Crippen LogP contribution in [0.3, 0.4) is 0 Å². The average molecular weight is 396 g/mol. The van der Waals surface area contributed by atoms with E-state index in [1.807, 2.05) is 29.2 Å². The molecule has 1 saturated heterocycles. The highest BCUT2D eigenvalue weighted by atomic mass is 32.1. The standard InChI is InChI=1S/C23H29N3OS/c1-3-21(20-10-6-5-9-17(20)2)25-23(28)24-19-13-11-18(12-14-19)22(27)26-15-7-4-8-16-26/h5-6,9-14,21H,3-4,7-8,15-16H2,1-2H3,(H2,24,25,28)/t21-/m0/s1. The Labute approximate surface area is 173 Å². The SMILES string of the molecule is CC[C@H](NC(=S)Nc1ccc(C(=O)N2CCCCC2)cc1)c1ccccc1C. The summed E-state index contributed by atoms with van der Waals surface area (Å²) < 4.78 is 0. The number of likely N-dealkylation sites (tertiary alicyclic amines) is 1. The van der Waals surface area contributed by atoms with E-state index in [1.165, 1.54) is 17.5 Å². The van der Waals surface area contributed by atoms with Gasteiger partial charge in [-0.3, -0.25) is 4.79 Å². The number of rotatable bonds is 5. The van der Waals surface area contributed by atoms with Gasteiger partial charge in [0.2, 0.25) is 0 Å². The highest BCUT2D eigenvalue weighted by Crippen LogP contribution is 2.21. The van der Waals surface area contributed by atoms with E-state index in [9.17, 15) is 4.79 Å². The van der Waals surface area contributed by atoms with Crippen molar-refractivity contribution in [3.63, 3.8) is 0 Å². The molecule has 1 aliphatic rings. The third-order valence-corrected chi connectivity index (χ3v) is 5.53. The number of thiocarbonyl (C=S) groups is 1. The summed E-state index contributed by atoms with van der Waals surface area (Å²) in [4.78, 5) is 14.5. The summed E-state index contributed by atoms with van der Waals surface area (Å²) >= 11 is 5.51. The van der Waals surface area contributed by atoms with Gasteiger partial charge in [-0.05, 0) is 80.2 Å². The maximum atomic E-state index is 12.6. The fourth-order valence-electron chi connectivity index (χ4n) is 3.68. The number of amides is 1. The average Bonchev–Trinajstić information content (AvgIpc) is 2.73. The smallest absolute Gasteiger partial charge is 0.253 e. The molecule has 2 N–H and O–H groups in total. The van der Waals surface area contributed by atoms with E-state index in [2.05, 4.69) is 48.7 Å². The molecule has 0 spiro atoms. The quantitative estimate of drug-likeness (QED) is 0.695. The van der Waals surface area contributed by atoms with E-state index in [0.29, 0.717) is 5.11 Å². The second kappa shape index (κ2) is 9.69. The number of anilines is 1. The molecule has 0 radical (unpaired) electrons. The van der Waals surface area contributed by atoms with Gasteiger partial charge in [-0.1, -0.05) is 31.2 Å². The second-order valence-electron chi connectivity index (χ2n) is 7.35. The Morgan fingerprint density at radius 1 is 1.07 bits per heavy atom. The Morgan fingerprint density at radius 2 is 1.75 bits per heavy atom. The van der Waals surface area contributed by atoms with Crippen molar-refractivity contribution in [2.24, 2.45) is 0 Å². The van der Waals surface area contributed by atoms with Gasteiger partial charge in [0.15, 0.2) is 5.11 Å². The number of nitrogens with zero attached hydrogens (tertiary/aromatic N) is 1. The molecule has 1 aliphatic heterocycles. The number of hydrogen-bond acceptors (Lipinski definition) is 2. The van der Waals surface area contributed by atoms with Gasteiger partial charge in [0.25, 0.3) is 5.91 Å². The summed E-state index contributed by atoms with van der Waals surface area (Å²) in [6.45, 7) is 6.00. The summed E-state index contributed by atoms with van der Waals surface area (Å²) in [5.41, 5.74) is 4.13. The van der Waals surface area contributed by atoms with Gasteiger partial charge in [-0.15, -0.1) is 0 Å². The molecule has 2 aromatic carbocycles. The van der Waals surface area contributed by atoms with Crippen molar-refractivity contribution in [1.29, 1.82) is 0 Å². The first-order valence-corrected chi connectivity index (χ1v) is 10.5. The van der Waals surface area contributed by atoms with Crippen LogP contribution in [0.15, 0.2) is 48.5 Å². The van der Waals surface area contributed by atoms with Crippen molar-refractivity contribution in [2.45, 2.75) is 45.6 Å². The van der Waals surface area contributed by atoms with Gasteiger partial charge in [-0.25, -0.2) is 0 Å². The van der Waals surface area contributed by atoms with Crippen LogP contribution in [0.4, 0.5) is 5.69 Å². The van der Waals surface area contributed by atoms with Crippen LogP contribution in [0.2, 0.25) is 0 Å². The van der Waals surface area contributed by atoms with Crippen LogP contribution < -0.4 is 10.6 Å². The van der Waals surface area contributed by atoms with Crippen LogP contribution in [0.1, 0.15) is 60.1 Å². The molecule has 0 aromatic heterocycles. The molecule has 28 heavy (non-hydrogen) atoms. The van der Waals surface area contributed by atoms with Crippen LogP contribution in [-0.2, 0) is 0 Å². The number of aryl methyl sites for hydroxylation is 1. The molecule has 1 atom stereocenters. The molecule has 0 unspecified atom stereocenters. The lowest BCUT2D eigenvalue weighted by molar-refractivity contribution is 0.0724. The van der Waals surface area contributed by atoms with Gasteiger partial charge in [-0.2, -0.15) is 0 Å². The normalized spacial score (nSPS) is 15.0. The zero-order chi connectivity index (χ0) is 19.9. The van der Waals surface area contributed by atoms with Crippen molar-refractivity contribution < 1.29 is 4.79 Å². The Morgan fingerprint density at radius 3 is 2.39 bits per heavy atom. The molecule has 0 saturated carbocycles. The van der Waals surface area contributed by atoms with Crippen molar-refractivity contribution in [3.8, 4) is 0 Å². The number of benzene rings is 2. The Balaban J connectivity index is 1.59. The van der Waals surface area contributed by atoms with Gasteiger partial charge in [0.1, 0.15) is 0 Å². The van der Waals surface area contributed by atoms with Gasteiger partial charge < -0.3 is 15.5 Å². The maximum Gasteiger partial charge on any atom is 0.253 e. The fraction of sp³-hybridized carbons (Fsp3) is 0.391. The number of carbonyl (C=O) groups is 1. The van der Waals surface area contributed by atoms with Gasteiger partial charge >= 0.3 is 0 Å². The van der Waals surface area contributed by atoms with Crippen LogP contribution >= 0.6 is 12.2 Å². The summed E-state index contributed by atoms with van der Waals surface area (Å²) in [5, 5.41) is 7.23. The molecule has 5 heteroatoms. The molecule has 148 valence electrons. The van der Waals surface area contributed by atoms with Crippen molar-refractivity contribution >= 4 is 28.9 Å². The first-order valence-electron chi connectivity index (χ1n) is 10.1. The predicted octanol–water partition coefficient (Wildman–Crippen LogP) is 5.06. The van der Waals surface area contributed by atoms with Gasteiger partial charge in [0, 0.05) is 24.3 Å². The van der Waals surface area contributed by atoms with Crippen LogP contribution in [0, 0.1) is 6.92 Å². The minimum absolute atomic E-state index is 0.123. The third-order valence-electron chi connectivity index (χ3n) is 5.31. The molecule has 1 heterocycles. The molecule has 2 aromatic rings. The first-order chi connectivity index (χ1) is 13.6. The van der Waals surface area contributed by atoms with E-state index in [0.717, 1.165) is 43.6 Å². The molecule has 1 fully saturated rings. The number of piperidine rings is 1. The molecule has 0 bridgehead atoms. The molecule has 4 nitrogen and oxygen atoms in total. The van der Waals surface area contributed by atoms with Crippen molar-refractivity contribution in [3.05, 3.63) is 65.2 Å². The minimum atomic E-state index is 0.123.